The van der Waals surface area contributed by atoms with E-state index < -0.39 is 26.4 Å². The van der Waals surface area contributed by atoms with E-state index in [2.05, 4.69) is 4.72 Å². The molecule has 0 amide bonds. The van der Waals surface area contributed by atoms with E-state index in [1.165, 1.54) is 0 Å². The summed E-state index contributed by atoms with van der Waals surface area (Å²) < 4.78 is 25.1. The standard InChI is InChI=1S/C10H11Cl2NO3S/c11-10(12)6-13-17(15,16)7-9(14)8-4-2-1-3-5-8/h1-5,10,13H,6-7H2. The van der Waals surface area contributed by atoms with Crippen LogP contribution in [-0.4, -0.2) is 31.3 Å². The van der Waals surface area contributed by atoms with Gasteiger partial charge in [0.1, 0.15) is 10.6 Å². The lowest BCUT2D eigenvalue weighted by molar-refractivity contribution is 0.102. The van der Waals surface area contributed by atoms with Crippen molar-refractivity contribution in [2.75, 3.05) is 12.3 Å². The van der Waals surface area contributed by atoms with E-state index in [1.807, 2.05) is 0 Å². The number of sulfonamides is 1. The van der Waals surface area contributed by atoms with Crippen molar-refractivity contribution >= 4 is 39.0 Å². The summed E-state index contributed by atoms with van der Waals surface area (Å²) in [5.74, 6) is -1.09. The molecule has 0 atom stereocenters. The number of benzene rings is 1. The van der Waals surface area contributed by atoms with E-state index in [0.717, 1.165) is 0 Å². The summed E-state index contributed by atoms with van der Waals surface area (Å²) in [5.41, 5.74) is 0.353. The molecule has 94 valence electrons. The van der Waals surface area contributed by atoms with Crippen LogP contribution < -0.4 is 4.72 Å². The Balaban J connectivity index is 2.63. The van der Waals surface area contributed by atoms with Crippen LogP contribution in [0.3, 0.4) is 0 Å². The van der Waals surface area contributed by atoms with Crippen LogP contribution in [0.1, 0.15) is 10.4 Å². The average molecular weight is 296 g/mol. The summed E-state index contributed by atoms with van der Waals surface area (Å²) in [6, 6.07) is 8.20. The predicted molar refractivity (Wildman–Crippen MR) is 68.1 cm³/mol. The molecular weight excluding hydrogens is 285 g/mol. The van der Waals surface area contributed by atoms with Crippen LogP contribution in [0.25, 0.3) is 0 Å². The summed E-state index contributed by atoms with van der Waals surface area (Å²) in [5, 5.41) is 0. The SMILES string of the molecule is O=C(CS(=O)(=O)NCC(Cl)Cl)c1ccccc1. The van der Waals surface area contributed by atoms with Gasteiger partial charge in [-0.15, -0.1) is 23.2 Å². The second-order valence-electron chi connectivity index (χ2n) is 3.29. The summed E-state index contributed by atoms with van der Waals surface area (Å²) in [4.78, 5) is 10.8. The van der Waals surface area contributed by atoms with Crippen molar-refractivity contribution in [3.63, 3.8) is 0 Å². The smallest absolute Gasteiger partial charge is 0.219 e. The molecule has 7 heteroatoms. The largest absolute Gasteiger partial charge is 0.293 e. The van der Waals surface area contributed by atoms with Gasteiger partial charge in [-0.05, 0) is 0 Å². The maximum absolute atomic E-state index is 11.6. The third kappa shape index (κ3) is 5.50. The van der Waals surface area contributed by atoms with Crippen LogP contribution in [-0.2, 0) is 10.0 Å². The highest BCUT2D eigenvalue weighted by atomic mass is 35.5. The minimum absolute atomic E-state index is 0.118. The van der Waals surface area contributed by atoms with Gasteiger partial charge in [0.25, 0.3) is 0 Å². The number of carbonyl (C=O) groups is 1. The van der Waals surface area contributed by atoms with Gasteiger partial charge in [0.15, 0.2) is 5.78 Å². The number of alkyl halides is 2. The maximum atomic E-state index is 11.6. The van der Waals surface area contributed by atoms with Crippen molar-refractivity contribution in [1.29, 1.82) is 0 Å². The maximum Gasteiger partial charge on any atom is 0.219 e. The highest BCUT2D eigenvalue weighted by Crippen LogP contribution is 2.03. The van der Waals surface area contributed by atoms with Gasteiger partial charge in [-0.3, -0.25) is 4.79 Å². The molecule has 1 rings (SSSR count). The predicted octanol–water partition coefficient (Wildman–Crippen LogP) is 1.59. The third-order valence-electron chi connectivity index (χ3n) is 1.87. The molecular formula is C10H11Cl2NO3S. The van der Waals surface area contributed by atoms with Gasteiger partial charge in [0.2, 0.25) is 10.0 Å². The first kappa shape index (κ1) is 14.4. The van der Waals surface area contributed by atoms with Gasteiger partial charge in [0, 0.05) is 12.1 Å². The summed E-state index contributed by atoms with van der Waals surface area (Å²) in [6.07, 6.45) is 0. The third-order valence-corrected chi connectivity index (χ3v) is 3.43. The molecule has 0 unspecified atom stereocenters. The lowest BCUT2D eigenvalue weighted by Gasteiger charge is -2.06. The molecule has 0 bridgehead atoms. The average Bonchev–Trinajstić information content (AvgIpc) is 2.27. The van der Waals surface area contributed by atoms with E-state index in [9.17, 15) is 13.2 Å². The minimum atomic E-state index is -3.69. The first-order valence-electron chi connectivity index (χ1n) is 4.74. The number of rotatable bonds is 6. The summed E-state index contributed by atoms with van der Waals surface area (Å²) in [7, 11) is -3.69. The van der Waals surface area contributed by atoms with Gasteiger partial charge in [-0.25, -0.2) is 13.1 Å². The van der Waals surface area contributed by atoms with E-state index >= 15 is 0 Å². The molecule has 0 saturated carbocycles. The highest BCUT2D eigenvalue weighted by Gasteiger charge is 2.18. The summed E-state index contributed by atoms with van der Waals surface area (Å²) >= 11 is 10.8. The van der Waals surface area contributed by atoms with E-state index in [0.29, 0.717) is 5.56 Å². The first-order chi connectivity index (χ1) is 7.91. The molecule has 0 spiro atoms. The number of Topliss-reactive ketones (excluding diaryl/α,β-unsaturated/α-hetero) is 1. The molecule has 0 aliphatic carbocycles. The Labute approximate surface area is 110 Å². The number of hydrogen-bond donors (Lipinski definition) is 1. The quantitative estimate of drug-likeness (QED) is 0.640. The van der Waals surface area contributed by atoms with Gasteiger partial charge < -0.3 is 0 Å². The van der Waals surface area contributed by atoms with Crippen LogP contribution in [0.4, 0.5) is 0 Å². The Bertz CT molecular complexity index is 474. The fourth-order valence-corrected chi connectivity index (χ4v) is 2.49. The van der Waals surface area contributed by atoms with Crippen molar-refractivity contribution in [1.82, 2.24) is 4.72 Å². The van der Waals surface area contributed by atoms with Crippen molar-refractivity contribution in [3.05, 3.63) is 35.9 Å². The fraction of sp³-hybridized carbons (Fsp3) is 0.300. The van der Waals surface area contributed by atoms with Gasteiger partial charge >= 0.3 is 0 Å². The van der Waals surface area contributed by atoms with Gasteiger partial charge in [0.05, 0.1) is 0 Å². The Morgan fingerprint density at radius 3 is 2.35 bits per heavy atom. The monoisotopic (exact) mass is 295 g/mol. The highest BCUT2D eigenvalue weighted by molar-refractivity contribution is 7.90. The zero-order valence-electron chi connectivity index (χ0n) is 8.77. The van der Waals surface area contributed by atoms with E-state index in [4.69, 9.17) is 23.2 Å². The Morgan fingerprint density at radius 1 is 1.24 bits per heavy atom. The van der Waals surface area contributed by atoms with Crippen molar-refractivity contribution < 1.29 is 13.2 Å². The molecule has 0 radical (unpaired) electrons. The van der Waals surface area contributed by atoms with Crippen LogP contribution in [0.15, 0.2) is 30.3 Å². The summed E-state index contributed by atoms with van der Waals surface area (Å²) in [6.45, 7) is -0.118. The molecule has 0 aliphatic rings. The fourth-order valence-electron chi connectivity index (χ4n) is 1.12. The van der Waals surface area contributed by atoms with Crippen LogP contribution in [0, 0.1) is 0 Å². The molecule has 0 heterocycles. The Hall–Kier alpha value is -0.620. The zero-order chi connectivity index (χ0) is 12.9. The lowest BCUT2D eigenvalue weighted by Crippen LogP contribution is -2.33. The molecule has 17 heavy (non-hydrogen) atoms. The van der Waals surface area contributed by atoms with Crippen molar-refractivity contribution in [2.24, 2.45) is 0 Å². The molecule has 1 aromatic rings. The lowest BCUT2D eigenvalue weighted by atomic mass is 10.2. The number of carbonyl (C=O) groups excluding carboxylic acids is 1. The van der Waals surface area contributed by atoms with Crippen molar-refractivity contribution in [3.8, 4) is 0 Å². The Kier molecular flexibility index (Phi) is 5.39. The number of nitrogens with one attached hydrogen (secondary N) is 1. The van der Waals surface area contributed by atoms with Gasteiger partial charge in [-0.2, -0.15) is 0 Å². The zero-order valence-corrected chi connectivity index (χ0v) is 11.1. The molecule has 0 saturated heterocycles. The molecule has 0 aliphatic heterocycles. The second-order valence-corrected chi connectivity index (χ2v) is 6.37. The van der Waals surface area contributed by atoms with Gasteiger partial charge in [-0.1, -0.05) is 30.3 Å². The topological polar surface area (TPSA) is 63.2 Å². The van der Waals surface area contributed by atoms with Crippen LogP contribution >= 0.6 is 23.2 Å². The second kappa shape index (κ2) is 6.35. The number of halogens is 2. The first-order valence-corrected chi connectivity index (χ1v) is 7.27. The van der Waals surface area contributed by atoms with Crippen molar-refractivity contribution in [2.45, 2.75) is 4.84 Å². The van der Waals surface area contributed by atoms with E-state index in [1.54, 1.807) is 30.3 Å². The molecule has 1 aromatic carbocycles. The normalized spacial score (nSPS) is 11.7. The van der Waals surface area contributed by atoms with Crippen LogP contribution in [0.5, 0.6) is 0 Å². The van der Waals surface area contributed by atoms with Crippen LogP contribution in [0.2, 0.25) is 0 Å². The molecule has 1 N–H and O–H groups in total. The number of ketones is 1. The minimum Gasteiger partial charge on any atom is -0.293 e. The van der Waals surface area contributed by atoms with E-state index in [-0.39, 0.29) is 6.54 Å². The number of hydrogen-bond acceptors (Lipinski definition) is 3. The molecule has 0 aromatic heterocycles. The Morgan fingerprint density at radius 2 is 1.82 bits per heavy atom. The molecule has 0 fully saturated rings. The molecule has 4 nitrogen and oxygen atoms in total.